The molecule has 0 amide bonds. The Morgan fingerprint density at radius 3 is 3.00 bits per heavy atom. The zero-order valence-corrected chi connectivity index (χ0v) is 9.35. The number of ether oxygens (including phenoxy) is 1. The number of hydrogen-bond acceptors (Lipinski definition) is 2. The number of halogens is 1. The number of nitrogens with zero attached hydrogens (tertiary/aromatic N) is 1. The zero-order chi connectivity index (χ0) is 11.0. The first-order chi connectivity index (χ1) is 7.13. The van der Waals surface area contributed by atoms with Crippen LogP contribution in [0.2, 0.25) is 5.15 Å². The highest BCUT2D eigenvalue weighted by Crippen LogP contribution is 2.27. The van der Waals surface area contributed by atoms with E-state index in [1.165, 1.54) is 0 Å². The minimum absolute atomic E-state index is 0.477. The lowest BCUT2D eigenvalue weighted by Crippen LogP contribution is -1.86. The number of aryl methyl sites for hydroxylation is 1. The number of rotatable bonds is 2. The number of H-pyrrole nitrogens is 1. The minimum Gasteiger partial charge on any atom is -0.497 e. The van der Waals surface area contributed by atoms with Crippen LogP contribution in [0.1, 0.15) is 11.3 Å². The second kappa shape index (κ2) is 3.59. The highest BCUT2D eigenvalue weighted by molar-refractivity contribution is 6.30. The molecule has 0 saturated heterocycles. The van der Waals surface area contributed by atoms with Gasteiger partial charge in [-0.2, -0.15) is 0 Å². The van der Waals surface area contributed by atoms with Crippen molar-refractivity contribution in [1.82, 2.24) is 9.97 Å². The molecule has 1 N–H and O–H groups in total. The van der Waals surface area contributed by atoms with Gasteiger partial charge in [0.25, 0.3) is 0 Å². The van der Waals surface area contributed by atoms with E-state index in [0.717, 1.165) is 22.2 Å². The smallest absolute Gasteiger partial charge is 0.130 e. The van der Waals surface area contributed by atoms with Gasteiger partial charge in [0.15, 0.2) is 0 Å². The summed E-state index contributed by atoms with van der Waals surface area (Å²) in [5.41, 5.74) is 2.75. The minimum atomic E-state index is 0.477. The molecular weight excluding hydrogens is 212 g/mol. The average Bonchev–Trinajstić information content (AvgIpc) is 2.60. The number of fused-ring (bicyclic) bond motifs is 1. The Morgan fingerprint density at radius 2 is 2.33 bits per heavy atom. The third kappa shape index (κ3) is 1.59. The van der Waals surface area contributed by atoms with Crippen LogP contribution in [-0.4, -0.2) is 17.1 Å². The highest BCUT2D eigenvalue weighted by Gasteiger charge is 2.10. The van der Waals surface area contributed by atoms with Gasteiger partial charge in [-0.05, 0) is 13.0 Å². The van der Waals surface area contributed by atoms with E-state index in [2.05, 4.69) is 16.5 Å². The van der Waals surface area contributed by atoms with E-state index in [0.29, 0.717) is 10.9 Å². The molecule has 2 heterocycles. The predicted octanol–water partition coefficient (Wildman–Crippen LogP) is 3.14. The van der Waals surface area contributed by atoms with Crippen molar-refractivity contribution in [3.05, 3.63) is 35.3 Å². The first-order valence-electron chi connectivity index (χ1n) is 4.51. The van der Waals surface area contributed by atoms with Crippen LogP contribution < -0.4 is 0 Å². The first kappa shape index (κ1) is 10.1. The van der Waals surface area contributed by atoms with Gasteiger partial charge in [0.05, 0.1) is 18.3 Å². The fraction of sp³-hybridized carbons (Fsp3) is 0.182. The predicted molar refractivity (Wildman–Crippen MR) is 61.9 cm³/mol. The Labute approximate surface area is 92.7 Å². The molecule has 0 spiro atoms. The van der Waals surface area contributed by atoms with Crippen LogP contribution in [0.5, 0.6) is 0 Å². The first-order valence-corrected chi connectivity index (χ1v) is 4.88. The molecule has 0 radical (unpaired) electrons. The van der Waals surface area contributed by atoms with Crippen LogP contribution in [0.4, 0.5) is 0 Å². The molecule has 0 saturated carbocycles. The number of nitrogens with one attached hydrogen (secondary N) is 1. The largest absolute Gasteiger partial charge is 0.497 e. The van der Waals surface area contributed by atoms with Crippen LogP contribution in [0.25, 0.3) is 16.7 Å². The van der Waals surface area contributed by atoms with Crippen molar-refractivity contribution in [3.63, 3.8) is 0 Å². The topological polar surface area (TPSA) is 37.9 Å². The summed E-state index contributed by atoms with van der Waals surface area (Å²) in [5, 5.41) is 1.46. The molecule has 4 heteroatoms. The van der Waals surface area contributed by atoms with Crippen LogP contribution in [0.3, 0.4) is 0 Å². The highest BCUT2D eigenvalue weighted by atomic mass is 35.5. The van der Waals surface area contributed by atoms with Crippen LogP contribution in [-0.2, 0) is 4.74 Å². The Balaban J connectivity index is 2.74. The second-order valence-electron chi connectivity index (χ2n) is 3.28. The molecule has 78 valence electrons. The SMILES string of the molecule is C=C(OC)c1c[nH]c2c(C)nc(Cl)cc12. The van der Waals surface area contributed by atoms with Gasteiger partial charge in [-0.25, -0.2) is 4.98 Å². The summed E-state index contributed by atoms with van der Waals surface area (Å²) in [7, 11) is 1.59. The van der Waals surface area contributed by atoms with E-state index in [-0.39, 0.29) is 0 Å². The summed E-state index contributed by atoms with van der Waals surface area (Å²) in [5.74, 6) is 0.614. The van der Waals surface area contributed by atoms with Gasteiger partial charge in [-0.1, -0.05) is 18.2 Å². The van der Waals surface area contributed by atoms with Crippen LogP contribution >= 0.6 is 11.6 Å². The number of aromatic nitrogens is 2. The Kier molecular flexibility index (Phi) is 2.40. The lowest BCUT2D eigenvalue weighted by atomic mass is 10.1. The molecule has 2 aromatic heterocycles. The number of methoxy groups -OCH3 is 1. The van der Waals surface area contributed by atoms with E-state index in [1.54, 1.807) is 13.2 Å². The van der Waals surface area contributed by atoms with E-state index >= 15 is 0 Å². The molecule has 0 bridgehead atoms. The maximum absolute atomic E-state index is 5.91. The molecule has 0 aliphatic carbocycles. The Hall–Kier alpha value is -1.48. The summed E-state index contributed by atoms with van der Waals surface area (Å²) in [6, 6.07) is 1.81. The summed E-state index contributed by atoms with van der Waals surface area (Å²) < 4.78 is 5.10. The fourth-order valence-corrected chi connectivity index (χ4v) is 1.83. The van der Waals surface area contributed by atoms with Gasteiger partial charge in [-0.3, -0.25) is 0 Å². The molecule has 0 unspecified atom stereocenters. The Morgan fingerprint density at radius 1 is 1.60 bits per heavy atom. The zero-order valence-electron chi connectivity index (χ0n) is 8.60. The van der Waals surface area contributed by atoms with Crippen molar-refractivity contribution in [2.45, 2.75) is 6.92 Å². The van der Waals surface area contributed by atoms with E-state index in [1.807, 2.05) is 13.1 Å². The van der Waals surface area contributed by atoms with E-state index < -0.39 is 0 Å². The lowest BCUT2D eigenvalue weighted by molar-refractivity contribution is 0.372. The van der Waals surface area contributed by atoms with Crippen molar-refractivity contribution in [2.24, 2.45) is 0 Å². The summed E-state index contributed by atoms with van der Waals surface area (Å²) in [4.78, 5) is 7.30. The van der Waals surface area contributed by atoms with Gasteiger partial charge in [0, 0.05) is 17.1 Å². The lowest BCUT2D eigenvalue weighted by Gasteiger charge is -2.02. The monoisotopic (exact) mass is 222 g/mol. The fourth-order valence-electron chi connectivity index (χ4n) is 1.59. The molecule has 0 aliphatic heterocycles. The molecule has 0 atom stereocenters. The van der Waals surface area contributed by atoms with Crippen molar-refractivity contribution < 1.29 is 4.74 Å². The van der Waals surface area contributed by atoms with Crippen LogP contribution in [0, 0.1) is 6.92 Å². The van der Waals surface area contributed by atoms with Gasteiger partial charge < -0.3 is 9.72 Å². The Bertz CT molecular complexity index is 531. The molecule has 0 aliphatic rings. The molecule has 3 nitrogen and oxygen atoms in total. The second-order valence-corrected chi connectivity index (χ2v) is 3.67. The molecule has 15 heavy (non-hydrogen) atoms. The molecule has 0 fully saturated rings. The van der Waals surface area contributed by atoms with E-state index in [4.69, 9.17) is 16.3 Å². The number of hydrogen-bond donors (Lipinski definition) is 1. The molecule has 2 rings (SSSR count). The molecule has 2 aromatic rings. The van der Waals surface area contributed by atoms with Crippen molar-refractivity contribution in [2.75, 3.05) is 7.11 Å². The summed E-state index contributed by atoms with van der Waals surface area (Å²) in [6.07, 6.45) is 1.85. The quantitative estimate of drug-likeness (QED) is 0.626. The van der Waals surface area contributed by atoms with Crippen molar-refractivity contribution in [1.29, 1.82) is 0 Å². The third-order valence-corrected chi connectivity index (χ3v) is 2.56. The van der Waals surface area contributed by atoms with Gasteiger partial charge in [0.2, 0.25) is 0 Å². The van der Waals surface area contributed by atoms with Crippen molar-refractivity contribution in [3.8, 4) is 0 Å². The molecular formula is C11H11ClN2O. The summed E-state index contributed by atoms with van der Waals surface area (Å²) in [6.45, 7) is 5.73. The van der Waals surface area contributed by atoms with Gasteiger partial charge in [0.1, 0.15) is 10.9 Å². The van der Waals surface area contributed by atoms with Gasteiger partial charge in [-0.15, -0.1) is 0 Å². The maximum atomic E-state index is 5.91. The van der Waals surface area contributed by atoms with Crippen molar-refractivity contribution >= 4 is 28.3 Å². The third-order valence-electron chi connectivity index (χ3n) is 2.37. The molecule has 0 aromatic carbocycles. The number of aromatic amines is 1. The average molecular weight is 223 g/mol. The standard InChI is InChI=1S/C11H11ClN2O/c1-6-11-8(4-10(12)14-6)9(5-13-11)7(2)15-3/h4-5,13H,2H2,1,3H3. The normalized spacial score (nSPS) is 10.6. The van der Waals surface area contributed by atoms with E-state index in [9.17, 15) is 0 Å². The number of pyridine rings is 1. The summed E-state index contributed by atoms with van der Waals surface area (Å²) >= 11 is 5.91. The van der Waals surface area contributed by atoms with Gasteiger partial charge >= 0.3 is 0 Å². The maximum Gasteiger partial charge on any atom is 0.130 e. The van der Waals surface area contributed by atoms with Crippen LogP contribution in [0.15, 0.2) is 18.8 Å².